The van der Waals surface area contributed by atoms with Crippen molar-refractivity contribution < 1.29 is 9.47 Å². The summed E-state index contributed by atoms with van der Waals surface area (Å²) in [5, 5.41) is 3.63. The Bertz CT molecular complexity index is 403. The molecule has 4 heteroatoms. The molecule has 0 bridgehead atoms. The highest BCUT2D eigenvalue weighted by Crippen LogP contribution is 2.30. The van der Waals surface area contributed by atoms with E-state index >= 15 is 0 Å². The summed E-state index contributed by atoms with van der Waals surface area (Å²) in [7, 11) is 0. The van der Waals surface area contributed by atoms with Gasteiger partial charge in [-0.2, -0.15) is 0 Å². The van der Waals surface area contributed by atoms with Crippen LogP contribution in [0.25, 0.3) is 0 Å². The average molecular weight is 278 g/mol. The standard InChI is InChI=1S/C16H26N2O2/c1-4-6-18-16(13-5-7-19-11-13)14-8-15(10-17-9-14)20-12(2)3/h8-10,12-13,16,18H,4-7,11H2,1-3H3. The van der Waals surface area contributed by atoms with Crippen molar-refractivity contribution >= 4 is 0 Å². The monoisotopic (exact) mass is 278 g/mol. The zero-order valence-electron chi connectivity index (χ0n) is 12.8. The Hall–Kier alpha value is -1.13. The minimum absolute atomic E-state index is 0.170. The Morgan fingerprint density at radius 2 is 2.30 bits per heavy atom. The van der Waals surface area contributed by atoms with E-state index in [0.29, 0.717) is 12.0 Å². The first-order chi connectivity index (χ1) is 9.70. The van der Waals surface area contributed by atoms with Crippen LogP contribution in [0.2, 0.25) is 0 Å². The molecular weight excluding hydrogens is 252 g/mol. The lowest BCUT2D eigenvalue weighted by atomic mass is 9.93. The van der Waals surface area contributed by atoms with Crippen LogP contribution in [0.4, 0.5) is 0 Å². The van der Waals surface area contributed by atoms with Crippen LogP contribution in [0.5, 0.6) is 5.75 Å². The van der Waals surface area contributed by atoms with Crippen LogP contribution in [0, 0.1) is 5.92 Å². The molecule has 1 aromatic rings. The van der Waals surface area contributed by atoms with Gasteiger partial charge in [0.1, 0.15) is 5.75 Å². The number of nitrogens with one attached hydrogen (secondary N) is 1. The first kappa shape index (κ1) is 15.3. The Labute approximate surface area is 121 Å². The van der Waals surface area contributed by atoms with Crippen molar-refractivity contribution in [3.05, 3.63) is 24.0 Å². The van der Waals surface area contributed by atoms with E-state index in [9.17, 15) is 0 Å². The summed E-state index contributed by atoms with van der Waals surface area (Å²) in [5.41, 5.74) is 1.20. The molecule has 0 aliphatic carbocycles. The van der Waals surface area contributed by atoms with E-state index in [1.165, 1.54) is 5.56 Å². The highest BCUT2D eigenvalue weighted by atomic mass is 16.5. The van der Waals surface area contributed by atoms with Crippen molar-refractivity contribution in [3.8, 4) is 5.75 Å². The maximum atomic E-state index is 5.75. The maximum absolute atomic E-state index is 5.75. The Morgan fingerprint density at radius 3 is 2.95 bits per heavy atom. The summed E-state index contributed by atoms with van der Waals surface area (Å²) in [6.07, 6.45) is 6.13. The Morgan fingerprint density at radius 1 is 1.45 bits per heavy atom. The molecule has 112 valence electrons. The summed E-state index contributed by atoms with van der Waals surface area (Å²) in [5.74, 6) is 1.37. The zero-order chi connectivity index (χ0) is 14.4. The van der Waals surface area contributed by atoms with E-state index in [1.807, 2.05) is 20.0 Å². The molecule has 0 aromatic carbocycles. The number of ether oxygens (including phenoxy) is 2. The summed E-state index contributed by atoms with van der Waals surface area (Å²) in [6, 6.07) is 2.42. The van der Waals surface area contributed by atoms with Crippen LogP contribution in [0.3, 0.4) is 0 Å². The fraction of sp³-hybridized carbons (Fsp3) is 0.688. The predicted octanol–water partition coefficient (Wildman–Crippen LogP) is 2.95. The van der Waals surface area contributed by atoms with Crippen molar-refractivity contribution in [2.75, 3.05) is 19.8 Å². The third-order valence-electron chi connectivity index (χ3n) is 3.52. The van der Waals surface area contributed by atoms with E-state index < -0.39 is 0 Å². The molecule has 4 nitrogen and oxygen atoms in total. The number of rotatable bonds is 7. The summed E-state index contributed by atoms with van der Waals surface area (Å²) in [6.45, 7) is 8.96. The molecule has 2 unspecified atom stereocenters. The van der Waals surface area contributed by atoms with Crippen molar-refractivity contribution in [1.82, 2.24) is 10.3 Å². The largest absolute Gasteiger partial charge is 0.489 e. The topological polar surface area (TPSA) is 43.4 Å². The van der Waals surface area contributed by atoms with Gasteiger partial charge in [0.2, 0.25) is 0 Å². The van der Waals surface area contributed by atoms with Crippen LogP contribution in [0.1, 0.15) is 45.2 Å². The lowest BCUT2D eigenvalue weighted by Gasteiger charge is -2.24. The first-order valence-corrected chi connectivity index (χ1v) is 7.63. The quantitative estimate of drug-likeness (QED) is 0.833. The molecule has 1 aliphatic rings. The second kappa shape index (κ2) is 7.60. The van der Waals surface area contributed by atoms with Crippen LogP contribution < -0.4 is 10.1 Å². The van der Waals surface area contributed by atoms with Crippen LogP contribution in [-0.2, 0) is 4.74 Å². The molecule has 1 fully saturated rings. The van der Waals surface area contributed by atoms with Crippen LogP contribution in [-0.4, -0.2) is 30.8 Å². The Balaban J connectivity index is 2.14. The number of nitrogens with zero attached hydrogens (tertiary/aromatic N) is 1. The molecule has 0 amide bonds. The molecule has 0 radical (unpaired) electrons. The second-order valence-corrected chi connectivity index (χ2v) is 5.68. The molecule has 0 saturated carbocycles. The minimum Gasteiger partial charge on any atom is -0.489 e. The lowest BCUT2D eigenvalue weighted by Crippen LogP contribution is -2.29. The summed E-state index contributed by atoms with van der Waals surface area (Å²) >= 11 is 0. The molecule has 2 rings (SSSR count). The highest BCUT2D eigenvalue weighted by Gasteiger charge is 2.27. The molecular formula is C16H26N2O2. The van der Waals surface area contributed by atoms with E-state index in [1.54, 1.807) is 6.20 Å². The number of hydrogen-bond acceptors (Lipinski definition) is 4. The molecule has 2 atom stereocenters. The maximum Gasteiger partial charge on any atom is 0.138 e. The van der Waals surface area contributed by atoms with Gasteiger partial charge in [-0.25, -0.2) is 0 Å². The molecule has 1 N–H and O–H groups in total. The van der Waals surface area contributed by atoms with Gasteiger partial charge in [0, 0.05) is 24.8 Å². The zero-order valence-corrected chi connectivity index (χ0v) is 12.8. The molecule has 0 spiro atoms. The normalized spacial score (nSPS) is 20.3. The predicted molar refractivity (Wildman–Crippen MR) is 80.0 cm³/mol. The molecule has 1 aromatic heterocycles. The highest BCUT2D eigenvalue weighted by molar-refractivity contribution is 5.27. The van der Waals surface area contributed by atoms with Gasteiger partial charge in [-0.1, -0.05) is 6.92 Å². The van der Waals surface area contributed by atoms with Gasteiger partial charge in [-0.15, -0.1) is 0 Å². The van der Waals surface area contributed by atoms with Crippen molar-refractivity contribution in [1.29, 1.82) is 0 Å². The lowest BCUT2D eigenvalue weighted by molar-refractivity contribution is 0.176. The fourth-order valence-corrected chi connectivity index (χ4v) is 2.61. The second-order valence-electron chi connectivity index (χ2n) is 5.68. The summed E-state index contributed by atoms with van der Waals surface area (Å²) < 4.78 is 11.3. The smallest absolute Gasteiger partial charge is 0.138 e. The van der Waals surface area contributed by atoms with E-state index in [0.717, 1.165) is 38.3 Å². The third kappa shape index (κ3) is 4.18. The van der Waals surface area contributed by atoms with Crippen LogP contribution >= 0.6 is 0 Å². The summed E-state index contributed by atoms with van der Waals surface area (Å²) in [4.78, 5) is 4.33. The number of aromatic nitrogens is 1. The molecule has 1 saturated heterocycles. The van der Waals surface area contributed by atoms with E-state index in [-0.39, 0.29) is 6.10 Å². The fourth-order valence-electron chi connectivity index (χ4n) is 2.61. The van der Waals surface area contributed by atoms with Gasteiger partial charge in [0.15, 0.2) is 0 Å². The van der Waals surface area contributed by atoms with Gasteiger partial charge in [-0.3, -0.25) is 4.98 Å². The number of pyridine rings is 1. The van der Waals surface area contributed by atoms with Crippen LogP contribution in [0.15, 0.2) is 18.5 Å². The van der Waals surface area contributed by atoms with Crippen molar-refractivity contribution in [2.45, 2.75) is 45.8 Å². The van der Waals surface area contributed by atoms with Crippen molar-refractivity contribution in [3.63, 3.8) is 0 Å². The van der Waals surface area contributed by atoms with Crippen molar-refractivity contribution in [2.24, 2.45) is 5.92 Å². The molecule has 1 aliphatic heterocycles. The van der Waals surface area contributed by atoms with Gasteiger partial charge >= 0.3 is 0 Å². The Kier molecular flexibility index (Phi) is 5.80. The van der Waals surface area contributed by atoms with E-state index in [2.05, 4.69) is 23.3 Å². The van der Waals surface area contributed by atoms with E-state index in [4.69, 9.17) is 9.47 Å². The minimum atomic E-state index is 0.170. The molecule has 20 heavy (non-hydrogen) atoms. The average Bonchev–Trinajstić information content (AvgIpc) is 2.93. The SMILES string of the molecule is CCCNC(c1cncc(OC(C)C)c1)C1CCOC1. The van der Waals surface area contributed by atoms with Gasteiger partial charge in [-0.05, 0) is 44.9 Å². The van der Waals surface area contributed by atoms with Gasteiger partial charge < -0.3 is 14.8 Å². The number of hydrogen-bond donors (Lipinski definition) is 1. The first-order valence-electron chi connectivity index (χ1n) is 7.63. The molecule has 2 heterocycles. The van der Waals surface area contributed by atoms with Gasteiger partial charge in [0.25, 0.3) is 0 Å². The van der Waals surface area contributed by atoms with Gasteiger partial charge in [0.05, 0.1) is 18.9 Å². The third-order valence-corrected chi connectivity index (χ3v) is 3.52.